The average molecular weight is 226 g/mol. The van der Waals surface area contributed by atoms with Gasteiger partial charge in [-0.2, -0.15) is 0 Å². The van der Waals surface area contributed by atoms with Crippen LogP contribution in [0.4, 0.5) is 4.39 Å². The van der Waals surface area contributed by atoms with E-state index in [0.29, 0.717) is 17.1 Å². The van der Waals surface area contributed by atoms with Crippen LogP contribution in [0.2, 0.25) is 5.02 Å². The molecule has 1 aromatic rings. The van der Waals surface area contributed by atoms with Crippen LogP contribution in [0, 0.1) is 18.2 Å². The molecule has 1 nitrogen and oxygen atoms in total. The van der Waals surface area contributed by atoms with Crippen LogP contribution in [0.15, 0.2) is 18.2 Å². The summed E-state index contributed by atoms with van der Waals surface area (Å²) in [6, 6.07) is 4.55. The Morgan fingerprint density at radius 1 is 1.60 bits per heavy atom. The van der Waals surface area contributed by atoms with Crippen LogP contribution in [0.25, 0.3) is 0 Å². The molecule has 0 spiro atoms. The summed E-state index contributed by atoms with van der Waals surface area (Å²) in [6.45, 7) is 2.36. The Morgan fingerprint density at radius 3 is 2.87 bits per heavy atom. The third kappa shape index (κ3) is 2.95. The minimum Gasteiger partial charge on any atom is -0.299 e. The zero-order chi connectivity index (χ0) is 11.3. The number of halogens is 2. The predicted molar refractivity (Wildman–Crippen MR) is 61.3 cm³/mol. The van der Waals surface area contributed by atoms with E-state index in [9.17, 15) is 4.39 Å². The molecule has 80 valence electrons. The molecular weight excluding hydrogens is 213 g/mol. The highest BCUT2D eigenvalue weighted by Crippen LogP contribution is 2.27. The minimum absolute atomic E-state index is 0.130. The number of rotatable bonds is 4. The maximum atomic E-state index is 13.5. The Hall–Kier alpha value is -1.04. The summed E-state index contributed by atoms with van der Waals surface area (Å²) in [5.74, 6) is 2.17. The Labute approximate surface area is 94.6 Å². The molecule has 1 N–H and O–H groups in total. The fourth-order valence-corrected chi connectivity index (χ4v) is 1.77. The first-order valence-corrected chi connectivity index (χ1v) is 5.19. The maximum Gasteiger partial charge on any atom is 0.129 e. The fourth-order valence-electron chi connectivity index (χ4n) is 1.48. The van der Waals surface area contributed by atoms with Gasteiger partial charge in [-0.25, -0.2) is 4.39 Å². The average Bonchev–Trinajstić information content (AvgIpc) is 2.22. The molecule has 1 atom stereocenters. The first-order valence-electron chi connectivity index (χ1n) is 4.81. The second-order valence-electron chi connectivity index (χ2n) is 3.18. The first kappa shape index (κ1) is 12.0. The van der Waals surface area contributed by atoms with Crippen LogP contribution in [-0.4, -0.2) is 6.54 Å². The highest BCUT2D eigenvalue weighted by Gasteiger charge is 2.16. The highest BCUT2D eigenvalue weighted by molar-refractivity contribution is 6.31. The molecule has 0 aromatic heterocycles. The van der Waals surface area contributed by atoms with Gasteiger partial charge in [0.15, 0.2) is 0 Å². The van der Waals surface area contributed by atoms with Crippen LogP contribution in [-0.2, 0) is 0 Å². The summed E-state index contributed by atoms with van der Waals surface area (Å²) >= 11 is 5.95. The van der Waals surface area contributed by atoms with E-state index in [4.69, 9.17) is 18.0 Å². The summed E-state index contributed by atoms with van der Waals surface area (Å²) in [6.07, 6.45) is 5.88. The van der Waals surface area contributed by atoms with Gasteiger partial charge in [0.05, 0.1) is 6.54 Å². The van der Waals surface area contributed by atoms with E-state index in [2.05, 4.69) is 11.2 Å². The van der Waals surface area contributed by atoms with Crippen molar-refractivity contribution in [3.63, 3.8) is 0 Å². The Balaban J connectivity index is 2.96. The second-order valence-corrected chi connectivity index (χ2v) is 3.59. The van der Waals surface area contributed by atoms with Crippen LogP contribution >= 0.6 is 11.6 Å². The number of nitrogens with one attached hydrogen (secondary N) is 1. The van der Waals surface area contributed by atoms with Crippen LogP contribution < -0.4 is 5.32 Å². The van der Waals surface area contributed by atoms with Crippen molar-refractivity contribution in [3.05, 3.63) is 34.6 Å². The molecule has 1 aromatic carbocycles. The van der Waals surface area contributed by atoms with Crippen LogP contribution in [0.5, 0.6) is 0 Å². The lowest BCUT2D eigenvalue weighted by molar-refractivity contribution is 0.513. The van der Waals surface area contributed by atoms with Gasteiger partial charge in [-0.1, -0.05) is 30.5 Å². The largest absolute Gasteiger partial charge is 0.299 e. The van der Waals surface area contributed by atoms with E-state index in [1.165, 1.54) is 6.07 Å². The van der Waals surface area contributed by atoms with Crippen molar-refractivity contribution in [2.75, 3.05) is 6.54 Å². The standard InChI is InChI=1S/C12H13ClFN/c1-3-8-15-11(4-2)12-9(13)6-5-7-10(12)14/h1,5-7,11,15H,4,8H2,2H3. The van der Waals surface area contributed by atoms with Gasteiger partial charge in [0.25, 0.3) is 0 Å². The molecule has 0 radical (unpaired) electrons. The zero-order valence-corrected chi connectivity index (χ0v) is 9.31. The van der Waals surface area contributed by atoms with E-state index in [0.717, 1.165) is 6.42 Å². The van der Waals surface area contributed by atoms with Crippen molar-refractivity contribution in [2.24, 2.45) is 0 Å². The van der Waals surface area contributed by atoms with Gasteiger partial charge >= 0.3 is 0 Å². The third-order valence-corrected chi connectivity index (χ3v) is 2.54. The fraction of sp³-hybridized carbons (Fsp3) is 0.333. The van der Waals surface area contributed by atoms with Gasteiger partial charge in [-0.3, -0.25) is 5.32 Å². The molecule has 0 aliphatic carbocycles. The molecule has 0 fully saturated rings. The second kappa shape index (κ2) is 5.75. The maximum absolute atomic E-state index is 13.5. The van der Waals surface area contributed by atoms with Crippen LogP contribution in [0.3, 0.4) is 0 Å². The molecule has 1 unspecified atom stereocenters. The van der Waals surface area contributed by atoms with Crippen LogP contribution in [0.1, 0.15) is 24.9 Å². The molecule has 0 bridgehead atoms. The Kier molecular flexibility index (Phi) is 4.61. The highest BCUT2D eigenvalue weighted by atomic mass is 35.5. The number of hydrogen-bond donors (Lipinski definition) is 1. The van der Waals surface area contributed by atoms with Crippen molar-refractivity contribution < 1.29 is 4.39 Å². The van der Waals surface area contributed by atoms with Crippen molar-refractivity contribution in [1.82, 2.24) is 5.32 Å². The van der Waals surface area contributed by atoms with Crippen molar-refractivity contribution in [1.29, 1.82) is 0 Å². The molecular formula is C12H13ClFN. The smallest absolute Gasteiger partial charge is 0.129 e. The molecule has 0 aliphatic heterocycles. The first-order chi connectivity index (χ1) is 7.20. The van der Waals surface area contributed by atoms with E-state index in [1.807, 2.05) is 6.92 Å². The SMILES string of the molecule is C#CCNC(CC)c1c(F)cccc1Cl. The topological polar surface area (TPSA) is 12.0 Å². The summed E-state index contributed by atoms with van der Waals surface area (Å²) in [5, 5.41) is 3.49. The lowest BCUT2D eigenvalue weighted by Crippen LogP contribution is -2.22. The van der Waals surface area contributed by atoms with Gasteiger partial charge in [0, 0.05) is 16.6 Å². The van der Waals surface area contributed by atoms with E-state index < -0.39 is 0 Å². The molecule has 0 aliphatic rings. The monoisotopic (exact) mass is 225 g/mol. The van der Waals surface area contributed by atoms with Gasteiger partial charge in [0.2, 0.25) is 0 Å². The van der Waals surface area contributed by atoms with E-state index >= 15 is 0 Å². The van der Waals surface area contributed by atoms with Gasteiger partial charge in [0.1, 0.15) is 5.82 Å². The Bertz CT molecular complexity index is 350. The third-order valence-electron chi connectivity index (χ3n) is 2.21. The molecule has 0 saturated carbocycles. The molecule has 1 rings (SSSR count). The quantitative estimate of drug-likeness (QED) is 0.777. The summed E-state index contributed by atoms with van der Waals surface area (Å²) < 4.78 is 13.5. The molecule has 0 heterocycles. The zero-order valence-electron chi connectivity index (χ0n) is 8.56. The number of benzene rings is 1. The normalized spacial score (nSPS) is 12.1. The van der Waals surface area contributed by atoms with E-state index in [1.54, 1.807) is 12.1 Å². The van der Waals surface area contributed by atoms with Gasteiger partial charge in [-0.15, -0.1) is 6.42 Å². The van der Waals surface area contributed by atoms with Crippen molar-refractivity contribution in [2.45, 2.75) is 19.4 Å². The molecule has 15 heavy (non-hydrogen) atoms. The van der Waals surface area contributed by atoms with E-state index in [-0.39, 0.29) is 11.9 Å². The van der Waals surface area contributed by atoms with Crippen molar-refractivity contribution in [3.8, 4) is 12.3 Å². The predicted octanol–water partition coefficient (Wildman–Crippen LogP) is 3.15. The summed E-state index contributed by atoms with van der Waals surface area (Å²) in [4.78, 5) is 0. The number of terminal acetylenes is 1. The lowest BCUT2D eigenvalue weighted by atomic mass is 10.0. The summed E-state index contributed by atoms with van der Waals surface area (Å²) in [5.41, 5.74) is 0.497. The summed E-state index contributed by atoms with van der Waals surface area (Å²) in [7, 11) is 0. The van der Waals surface area contributed by atoms with Gasteiger partial charge in [-0.05, 0) is 18.6 Å². The Morgan fingerprint density at radius 2 is 2.33 bits per heavy atom. The molecule has 0 amide bonds. The molecule has 3 heteroatoms. The molecule has 0 saturated heterocycles. The minimum atomic E-state index is -0.293. The van der Waals surface area contributed by atoms with Gasteiger partial charge < -0.3 is 0 Å². The lowest BCUT2D eigenvalue weighted by Gasteiger charge is -2.17. The number of hydrogen-bond acceptors (Lipinski definition) is 1. The van der Waals surface area contributed by atoms with Crippen molar-refractivity contribution >= 4 is 11.6 Å².